The quantitative estimate of drug-likeness (QED) is 0.805. The number of benzene rings is 1. The van der Waals surface area contributed by atoms with Gasteiger partial charge in [-0.3, -0.25) is 14.9 Å². The van der Waals surface area contributed by atoms with E-state index in [2.05, 4.69) is 15.4 Å². The molecule has 1 aromatic carbocycles. The van der Waals surface area contributed by atoms with Gasteiger partial charge in [-0.15, -0.1) is 11.3 Å². The highest BCUT2D eigenvalue weighted by Gasteiger charge is 2.17. The molecule has 112 valence electrons. The number of hydrogen-bond acceptors (Lipinski definition) is 5. The summed E-state index contributed by atoms with van der Waals surface area (Å²) in [6.45, 7) is 4.13. The predicted octanol–water partition coefficient (Wildman–Crippen LogP) is 2.43. The zero-order valence-corrected chi connectivity index (χ0v) is 13.0. The Morgan fingerprint density at radius 2 is 2.05 bits per heavy atom. The predicted molar refractivity (Wildman–Crippen MR) is 86.5 cm³/mol. The molecular weight excluding hydrogens is 300 g/mol. The van der Waals surface area contributed by atoms with Crippen molar-refractivity contribution in [2.75, 3.05) is 5.32 Å². The molecule has 3 rings (SSSR count). The smallest absolute Gasteiger partial charge is 0.278 e. The summed E-state index contributed by atoms with van der Waals surface area (Å²) in [6, 6.07) is 6.99. The number of carbonyl (C=O) groups excluding carboxylic acids is 1. The highest BCUT2D eigenvalue weighted by molar-refractivity contribution is 7.15. The molecule has 0 saturated carbocycles. The number of fused-ring (bicyclic) bond motifs is 1. The average Bonchev–Trinajstić information content (AvgIpc) is 2.93. The van der Waals surface area contributed by atoms with Crippen LogP contribution in [0.1, 0.15) is 22.3 Å². The number of amides is 1. The second-order valence-corrected chi connectivity index (χ2v) is 5.98. The first kappa shape index (κ1) is 14.4. The summed E-state index contributed by atoms with van der Waals surface area (Å²) in [7, 11) is 0. The first-order chi connectivity index (χ1) is 10.6. The van der Waals surface area contributed by atoms with E-state index >= 15 is 0 Å². The molecule has 6 nitrogen and oxygen atoms in total. The standard InChI is InChI=1S/C15H14N4O2S/c1-3-19-14(21)11-7-5-4-6-10(11)12(18-19)13(20)17-15-16-8-9(2)22-15/h4-8H,3H2,1-2H3,(H,16,17,20). The minimum absolute atomic E-state index is 0.195. The lowest BCUT2D eigenvalue weighted by atomic mass is 10.1. The second kappa shape index (κ2) is 5.69. The van der Waals surface area contributed by atoms with E-state index in [1.54, 1.807) is 30.5 Å². The van der Waals surface area contributed by atoms with Gasteiger partial charge in [0, 0.05) is 23.0 Å². The van der Waals surface area contributed by atoms with Crippen molar-refractivity contribution in [3.05, 3.63) is 51.4 Å². The third kappa shape index (κ3) is 2.50. The topological polar surface area (TPSA) is 76.9 Å². The van der Waals surface area contributed by atoms with Crippen molar-refractivity contribution in [2.24, 2.45) is 0 Å². The van der Waals surface area contributed by atoms with E-state index in [9.17, 15) is 9.59 Å². The zero-order chi connectivity index (χ0) is 15.7. The molecular formula is C15H14N4O2S. The fraction of sp³-hybridized carbons (Fsp3) is 0.200. The van der Waals surface area contributed by atoms with E-state index in [-0.39, 0.29) is 17.2 Å². The molecule has 0 aliphatic carbocycles. The summed E-state index contributed by atoms with van der Waals surface area (Å²) in [5.74, 6) is -0.368. The first-order valence-electron chi connectivity index (χ1n) is 6.83. The molecule has 0 radical (unpaired) electrons. The number of nitrogens with one attached hydrogen (secondary N) is 1. The fourth-order valence-corrected chi connectivity index (χ4v) is 2.85. The number of hydrogen-bond donors (Lipinski definition) is 1. The minimum atomic E-state index is -0.368. The Kier molecular flexibility index (Phi) is 3.72. The molecule has 0 bridgehead atoms. The lowest BCUT2D eigenvalue weighted by Gasteiger charge is -2.08. The Bertz CT molecular complexity index is 913. The summed E-state index contributed by atoms with van der Waals surface area (Å²) < 4.78 is 1.30. The number of anilines is 1. The van der Waals surface area contributed by atoms with Crippen LogP contribution in [-0.4, -0.2) is 20.7 Å². The van der Waals surface area contributed by atoms with Crippen LogP contribution in [0.2, 0.25) is 0 Å². The summed E-state index contributed by atoms with van der Waals surface area (Å²) >= 11 is 1.39. The highest BCUT2D eigenvalue weighted by atomic mass is 32.1. The van der Waals surface area contributed by atoms with Crippen molar-refractivity contribution in [1.82, 2.24) is 14.8 Å². The van der Waals surface area contributed by atoms with Gasteiger partial charge in [0.15, 0.2) is 10.8 Å². The normalized spacial score (nSPS) is 10.8. The Labute approximate surface area is 130 Å². The number of aryl methyl sites for hydroxylation is 2. The van der Waals surface area contributed by atoms with E-state index in [1.165, 1.54) is 16.0 Å². The number of carbonyl (C=O) groups is 1. The van der Waals surface area contributed by atoms with Gasteiger partial charge in [0.1, 0.15) is 0 Å². The van der Waals surface area contributed by atoms with Gasteiger partial charge in [0.25, 0.3) is 11.5 Å². The van der Waals surface area contributed by atoms with Gasteiger partial charge in [0.05, 0.1) is 5.39 Å². The number of aromatic nitrogens is 3. The van der Waals surface area contributed by atoms with Crippen LogP contribution in [-0.2, 0) is 6.54 Å². The molecule has 0 unspecified atom stereocenters. The van der Waals surface area contributed by atoms with Gasteiger partial charge in [-0.25, -0.2) is 9.67 Å². The van der Waals surface area contributed by atoms with Crippen molar-refractivity contribution >= 4 is 33.1 Å². The molecule has 0 fully saturated rings. The van der Waals surface area contributed by atoms with Crippen molar-refractivity contribution < 1.29 is 4.79 Å². The monoisotopic (exact) mass is 314 g/mol. The van der Waals surface area contributed by atoms with Crippen LogP contribution in [0.15, 0.2) is 35.3 Å². The van der Waals surface area contributed by atoms with E-state index < -0.39 is 0 Å². The van der Waals surface area contributed by atoms with Crippen LogP contribution in [0.4, 0.5) is 5.13 Å². The third-order valence-corrected chi connectivity index (χ3v) is 4.05. The lowest BCUT2D eigenvalue weighted by molar-refractivity contribution is 0.102. The van der Waals surface area contributed by atoms with Crippen LogP contribution >= 0.6 is 11.3 Å². The SMILES string of the molecule is CCn1nc(C(=O)Nc2ncc(C)s2)c2ccccc2c1=O. The first-order valence-corrected chi connectivity index (χ1v) is 7.65. The average molecular weight is 314 g/mol. The third-order valence-electron chi connectivity index (χ3n) is 3.22. The van der Waals surface area contributed by atoms with E-state index in [4.69, 9.17) is 0 Å². The Morgan fingerprint density at radius 1 is 1.32 bits per heavy atom. The van der Waals surface area contributed by atoms with Crippen LogP contribution in [0.5, 0.6) is 0 Å². The molecule has 1 N–H and O–H groups in total. The summed E-state index contributed by atoms with van der Waals surface area (Å²) in [6.07, 6.45) is 1.69. The van der Waals surface area contributed by atoms with Gasteiger partial charge in [0.2, 0.25) is 0 Å². The summed E-state index contributed by atoms with van der Waals surface area (Å²) in [5, 5.41) is 8.47. The molecule has 3 aromatic rings. The molecule has 0 spiro atoms. The van der Waals surface area contributed by atoms with E-state index in [0.717, 1.165) is 4.88 Å². The van der Waals surface area contributed by atoms with Gasteiger partial charge in [-0.2, -0.15) is 5.10 Å². The van der Waals surface area contributed by atoms with Crippen molar-refractivity contribution in [3.8, 4) is 0 Å². The van der Waals surface area contributed by atoms with Crippen LogP contribution in [0.25, 0.3) is 10.8 Å². The van der Waals surface area contributed by atoms with Gasteiger partial charge in [-0.1, -0.05) is 18.2 Å². The van der Waals surface area contributed by atoms with Crippen molar-refractivity contribution in [1.29, 1.82) is 0 Å². The Hall–Kier alpha value is -2.54. The maximum Gasteiger partial charge on any atom is 0.278 e. The summed E-state index contributed by atoms with van der Waals surface area (Å²) in [5.41, 5.74) is 0.0321. The molecule has 2 aromatic heterocycles. The van der Waals surface area contributed by atoms with Crippen LogP contribution in [0.3, 0.4) is 0 Å². The fourth-order valence-electron chi connectivity index (χ4n) is 2.19. The van der Waals surface area contributed by atoms with Gasteiger partial charge < -0.3 is 0 Å². The molecule has 7 heteroatoms. The molecule has 2 heterocycles. The zero-order valence-electron chi connectivity index (χ0n) is 12.2. The van der Waals surface area contributed by atoms with Crippen molar-refractivity contribution in [2.45, 2.75) is 20.4 Å². The minimum Gasteiger partial charge on any atom is -0.296 e. The van der Waals surface area contributed by atoms with Gasteiger partial charge in [-0.05, 0) is 19.9 Å². The number of rotatable bonds is 3. The van der Waals surface area contributed by atoms with Gasteiger partial charge >= 0.3 is 0 Å². The number of nitrogens with zero attached hydrogens (tertiary/aromatic N) is 3. The van der Waals surface area contributed by atoms with Crippen molar-refractivity contribution in [3.63, 3.8) is 0 Å². The second-order valence-electron chi connectivity index (χ2n) is 4.75. The lowest BCUT2D eigenvalue weighted by Crippen LogP contribution is -2.27. The Balaban J connectivity index is 2.11. The maximum absolute atomic E-state index is 12.5. The van der Waals surface area contributed by atoms with E-state index in [1.807, 2.05) is 13.8 Å². The molecule has 1 amide bonds. The molecule has 0 saturated heterocycles. The Morgan fingerprint density at radius 3 is 2.68 bits per heavy atom. The number of thiazole rings is 1. The molecule has 22 heavy (non-hydrogen) atoms. The van der Waals surface area contributed by atoms with Crippen LogP contribution in [0, 0.1) is 6.92 Å². The molecule has 0 atom stereocenters. The molecule has 0 aliphatic rings. The molecule has 0 aliphatic heterocycles. The highest BCUT2D eigenvalue weighted by Crippen LogP contribution is 2.19. The maximum atomic E-state index is 12.5. The largest absolute Gasteiger partial charge is 0.296 e. The summed E-state index contributed by atoms with van der Waals surface area (Å²) in [4.78, 5) is 29.9. The van der Waals surface area contributed by atoms with E-state index in [0.29, 0.717) is 22.4 Å². The van der Waals surface area contributed by atoms with Crippen LogP contribution < -0.4 is 10.9 Å².